The quantitative estimate of drug-likeness (QED) is 0.270. The molecule has 4 nitrogen and oxygen atoms in total. The first-order valence-electron chi connectivity index (χ1n) is 3.85. The summed E-state index contributed by atoms with van der Waals surface area (Å²) in [6.07, 6.45) is 5.88. The minimum Gasteiger partial charge on any atom is -0.141 e. The lowest BCUT2D eigenvalue weighted by Crippen LogP contribution is -2.71. The summed E-state index contributed by atoms with van der Waals surface area (Å²) in [6.45, 7) is 0. The summed E-state index contributed by atoms with van der Waals surface area (Å²) in [4.78, 5) is -0.333. The average Bonchev–Trinajstić information content (AvgIpc) is 1.88. The van der Waals surface area contributed by atoms with Gasteiger partial charge in [0.05, 0.1) is 0 Å². The first-order valence-corrected chi connectivity index (χ1v) is 3.85. The van der Waals surface area contributed by atoms with Crippen molar-refractivity contribution in [3.8, 4) is 0 Å². The van der Waals surface area contributed by atoms with Crippen molar-refractivity contribution in [2.24, 2.45) is 17.5 Å². The van der Waals surface area contributed by atoms with Gasteiger partial charge in [-0.2, -0.15) is 0 Å². The van der Waals surface area contributed by atoms with Gasteiger partial charge in [-0.25, -0.2) is 0 Å². The van der Waals surface area contributed by atoms with E-state index in [9.17, 15) is 0 Å². The Hall–Kier alpha value is -0.160. The third-order valence-electron chi connectivity index (χ3n) is 2.21. The molecule has 0 amide bonds. The van der Waals surface area contributed by atoms with E-state index in [1.807, 2.05) is 0 Å². The Morgan fingerprint density at radius 3 is 1.70 bits per heavy atom. The smallest absolute Gasteiger partial charge is 0.141 e. The fourth-order valence-electron chi connectivity index (χ4n) is 1.53. The standard InChI is InChI=1S/C6H17N4/c7-10(8,9)6-4-2-1-3-5-6/h6H,1-5,7-9H2/q+1. The Morgan fingerprint density at radius 1 is 0.900 bits per heavy atom. The van der Waals surface area contributed by atoms with Crippen LogP contribution < -0.4 is 17.5 Å². The molecule has 1 aliphatic rings. The fraction of sp³-hybridized carbons (Fsp3) is 1.00. The summed E-state index contributed by atoms with van der Waals surface area (Å²) in [5, 5.41) is 0. The number of nitrogens with zero attached hydrogens (tertiary/aromatic N) is 1. The lowest BCUT2D eigenvalue weighted by molar-refractivity contribution is -0.986. The van der Waals surface area contributed by atoms with Crippen molar-refractivity contribution in [3.05, 3.63) is 0 Å². The van der Waals surface area contributed by atoms with Crippen molar-refractivity contribution in [2.75, 3.05) is 0 Å². The molecule has 0 bridgehead atoms. The largest absolute Gasteiger partial charge is 0.144 e. The molecule has 0 atom stereocenters. The van der Waals surface area contributed by atoms with Crippen LogP contribution in [0.2, 0.25) is 0 Å². The molecule has 0 aromatic heterocycles. The summed E-state index contributed by atoms with van der Waals surface area (Å²) >= 11 is 0. The van der Waals surface area contributed by atoms with Crippen molar-refractivity contribution in [1.29, 1.82) is 0 Å². The van der Waals surface area contributed by atoms with Crippen molar-refractivity contribution in [2.45, 2.75) is 38.1 Å². The Morgan fingerprint density at radius 2 is 1.40 bits per heavy atom. The molecule has 1 aliphatic carbocycles. The minimum absolute atomic E-state index is 0.272. The van der Waals surface area contributed by atoms with Gasteiger partial charge in [0.1, 0.15) is 6.04 Å². The normalized spacial score (nSPS) is 23.1. The zero-order valence-corrected chi connectivity index (χ0v) is 6.29. The van der Waals surface area contributed by atoms with E-state index < -0.39 is 0 Å². The number of rotatable bonds is 1. The highest BCUT2D eigenvalue weighted by Gasteiger charge is 2.28. The molecule has 0 unspecified atom stereocenters. The summed E-state index contributed by atoms with van der Waals surface area (Å²) in [5.74, 6) is 16.5. The topological polar surface area (TPSA) is 78.1 Å². The van der Waals surface area contributed by atoms with E-state index in [0.717, 1.165) is 12.8 Å². The summed E-state index contributed by atoms with van der Waals surface area (Å²) < 4.78 is 0. The maximum atomic E-state index is 5.50. The highest BCUT2D eigenvalue weighted by molar-refractivity contribution is 4.63. The molecule has 1 rings (SSSR count). The summed E-state index contributed by atoms with van der Waals surface area (Å²) in [7, 11) is 0. The van der Waals surface area contributed by atoms with Crippen molar-refractivity contribution >= 4 is 0 Å². The monoisotopic (exact) mass is 145 g/mol. The lowest BCUT2D eigenvalue weighted by Gasteiger charge is -2.31. The van der Waals surface area contributed by atoms with Crippen molar-refractivity contribution < 1.29 is 4.81 Å². The first kappa shape index (κ1) is 7.94. The van der Waals surface area contributed by atoms with Crippen LogP contribution in [0.5, 0.6) is 0 Å². The molecule has 6 N–H and O–H groups in total. The van der Waals surface area contributed by atoms with Crippen LogP contribution in [0.15, 0.2) is 0 Å². The van der Waals surface area contributed by atoms with E-state index in [1.165, 1.54) is 19.3 Å². The first-order chi connectivity index (χ1) is 4.61. The van der Waals surface area contributed by atoms with Gasteiger partial charge in [-0.3, -0.25) is 0 Å². The maximum Gasteiger partial charge on any atom is 0.144 e. The van der Waals surface area contributed by atoms with E-state index in [0.29, 0.717) is 0 Å². The molecule has 0 spiro atoms. The maximum absolute atomic E-state index is 5.50. The molecule has 0 heterocycles. The summed E-state index contributed by atoms with van der Waals surface area (Å²) in [6, 6.07) is 0.272. The van der Waals surface area contributed by atoms with Gasteiger partial charge < -0.3 is 0 Å². The van der Waals surface area contributed by atoms with Gasteiger partial charge in [0.15, 0.2) is 0 Å². The number of hydrogen-bond donors (Lipinski definition) is 3. The second-order valence-corrected chi connectivity index (χ2v) is 3.19. The lowest BCUT2D eigenvalue weighted by atomic mass is 9.95. The van der Waals surface area contributed by atoms with Gasteiger partial charge in [0.25, 0.3) is 0 Å². The number of quaternary nitrogens is 1. The molecule has 0 saturated heterocycles. The van der Waals surface area contributed by atoms with Gasteiger partial charge in [-0.1, -0.05) is 6.42 Å². The van der Waals surface area contributed by atoms with Gasteiger partial charge in [-0.05, 0) is 12.8 Å². The van der Waals surface area contributed by atoms with Gasteiger partial charge in [0.2, 0.25) is 0 Å². The Bertz CT molecular complexity index is 101. The van der Waals surface area contributed by atoms with E-state index in [2.05, 4.69) is 0 Å². The highest BCUT2D eigenvalue weighted by atomic mass is 15.9. The molecule has 10 heavy (non-hydrogen) atoms. The zero-order chi connectivity index (χ0) is 7.61. The fourth-order valence-corrected chi connectivity index (χ4v) is 1.53. The van der Waals surface area contributed by atoms with E-state index in [-0.39, 0.29) is 10.9 Å². The molecule has 1 fully saturated rings. The third kappa shape index (κ3) is 1.91. The van der Waals surface area contributed by atoms with E-state index >= 15 is 0 Å². The molecule has 0 radical (unpaired) electrons. The highest BCUT2D eigenvalue weighted by Crippen LogP contribution is 2.20. The second kappa shape index (κ2) is 2.84. The molecule has 1 saturated carbocycles. The molecular weight excluding hydrogens is 128 g/mol. The molecule has 0 aromatic carbocycles. The Kier molecular flexibility index (Phi) is 2.25. The van der Waals surface area contributed by atoms with Gasteiger partial charge in [-0.15, -0.1) is 22.3 Å². The molecule has 0 aromatic rings. The van der Waals surface area contributed by atoms with Crippen LogP contribution >= 0.6 is 0 Å². The predicted molar refractivity (Wildman–Crippen MR) is 39.7 cm³/mol. The van der Waals surface area contributed by atoms with Gasteiger partial charge in [0, 0.05) is 12.8 Å². The van der Waals surface area contributed by atoms with Crippen molar-refractivity contribution in [1.82, 2.24) is 0 Å². The van der Waals surface area contributed by atoms with Gasteiger partial charge >= 0.3 is 0 Å². The van der Waals surface area contributed by atoms with Crippen LogP contribution in [0.25, 0.3) is 0 Å². The van der Waals surface area contributed by atoms with Crippen molar-refractivity contribution in [3.63, 3.8) is 0 Å². The van der Waals surface area contributed by atoms with Crippen LogP contribution in [-0.4, -0.2) is 10.9 Å². The molecule has 4 heteroatoms. The Balaban J connectivity index is 2.39. The number of nitrogens with two attached hydrogens (primary N) is 3. The minimum atomic E-state index is -0.333. The molecule has 60 valence electrons. The van der Waals surface area contributed by atoms with E-state index in [4.69, 9.17) is 17.5 Å². The Labute approximate surface area is 61.5 Å². The molecular formula is C6H17N4+. The summed E-state index contributed by atoms with van der Waals surface area (Å²) in [5.41, 5.74) is 0. The molecule has 0 aliphatic heterocycles. The average molecular weight is 145 g/mol. The van der Waals surface area contributed by atoms with Crippen LogP contribution in [0, 0.1) is 0 Å². The van der Waals surface area contributed by atoms with E-state index in [1.54, 1.807) is 0 Å². The zero-order valence-electron chi connectivity index (χ0n) is 6.29. The SMILES string of the molecule is N[N+](N)(N)C1CCCCC1. The third-order valence-corrected chi connectivity index (χ3v) is 2.21. The van der Waals surface area contributed by atoms with Crippen LogP contribution in [-0.2, 0) is 0 Å². The second-order valence-electron chi connectivity index (χ2n) is 3.19. The predicted octanol–water partition coefficient (Wildman–Crippen LogP) is -0.243. The van der Waals surface area contributed by atoms with Crippen LogP contribution in [0.3, 0.4) is 0 Å². The van der Waals surface area contributed by atoms with Crippen LogP contribution in [0.1, 0.15) is 32.1 Å². The van der Waals surface area contributed by atoms with Crippen LogP contribution in [0.4, 0.5) is 0 Å². The number of hydrogen-bond acceptors (Lipinski definition) is 3.